The lowest BCUT2D eigenvalue weighted by molar-refractivity contribution is 0.0697. The summed E-state index contributed by atoms with van der Waals surface area (Å²) in [6.45, 7) is 3.39. The highest BCUT2D eigenvalue weighted by molar-refractivity contribution is 6.42. The number of likely N-dealkylation sites (N-methyl/N-ethyl adjacent to an activating group) is 1. The van der Waals surface area contributed by atoms with Crippen LogP contribution in [0.4, 0.5) is 0 Å². The molecule has 0 spiro atoms. The van der Waals surface area contributed by atoms with Crippen molar-refractivity contribution in [2.45, 2.75) is 19.6 Å². The molecule has 2 aromatic rings. The third kappa shape index (κ3) is 5.41. The Hall–Kier alpha value is -1.75. The van der Waals surface area contributed by atoms with E-state index in [2.05, 4.69) is 4.90 Å². The predicted octanol–water partition coefficient (Wildman–Crippen LogP) is 4.59. The van der Waals surface area contributed by atoms with Gasteiger partial charge in [-0.25, -0.2) is 4.79 Å². The maximum Gasteiger partial charge on any atom is 0.335 e. The molecule has 0 bridgehead atoms. The number of benzene rings is 2. The molecule has 1 N–H and O–H groups in total. The fourth-order valence-corrected chi connectivity index (χ4v) is 2.68. The second-order valence-electron chi connectivity index (χ2n) is 5.70. The Labute approximate surface area is 151 Å². The smallest absolute Gasteiger partial charge is 0.335 e. The summed E-state index contributed by atoms with van der Waals surface area (Å²) < 4.78 is 5.85. The number of aromatic carboxylic acids is 1. The van der Waals surface area contributed by atoms with Crippen LogP contribution < -0.4 is 4.74 Å². The first-order valence-corrected chi connectivity index (χ1v) is 8.23. The van der Waals surface area contributed by atoms with Gasteiger partial charge in [-0.15, -0.1) is 0 Å². The first-order valence-electron chi connectivity index (χ1n) is 7.47. The van der Waals surface area contributed by atoms with Gasteiger partial charge in [0.05, 0.1) is 15.6 Å². The van der Waals surface area contributed by atoms with Gasteiger partial charge in [-0.2, -0.15) is 0 Å². The van der Waals surface area contributed by atoms with Crippen molar-refractivity contribution >= 4 is 29.2 Å². The second-order valence-corrected chi connectivity index (χ2v) is 6.52. The van der Waals surface area contributed by atoms with Crippen molar-refractivity contribution < 1.29 is 14.6 Å². The number of carboxylic acid groups (broad SMARTS) is 1. The molecule has 0 amide bonds. The average Bonchev–Trinajstić information content (AvgIpc) is 2.51. The predicted molar refractivity (Wildman–Crippen MR) is 96.3 cm³/mol. The van der Waals surface area contributed by atoms with E-state index in [1.165, 1.54) is 0 Å². The van der Waals surface area contributed by atoms with Crippen LogP contribution in [0.3, 0.4) is 0 Å². The molecule has 2 rings (SSSR count). The fraction of sp³-hybridized carbons (Fsp3) is 0.278. The zero-order valence-electron chi connectivity index (χ0n) is 13.5. The highest BCUT2D eigenvalue weighted by atomic mass is 35.5. The minimum Gasteiger partial charge on any atom is -0.489 e. The van der Waals surface area contributed by atoms with Crippen molar-refractivity contribution in [1.82, 2.24) is 4.90 Å². The lowest BCUT2D eigenvalue weighted by atomic mass is 10.1. The highest BCUT2D eigenvalue weighted by Gasteiger charge is 2.10. The van der Waals surface area contributed by atoms with Gasteiger partial charge in [-0.05, 0) is 43.8 Å². The molecule has 2 aromatic carbocycles. The van der Waals surface area contributed by atoms with Gasteiger partial charge in [0.25, 0.3) is 0 Å². The van der Waals surface area contributed by atoms with Crippen LogP contribution in [-0.2, 0) is 6.54 Å². The molecule has 0 aliphatic rings. The molecule has 128 valence electrons. The maximum atomic E-state index is 10.9. The van der Waals surface area contributed by atoms with Gasteiger partial charge >= 0.3 is 5.97 Å². The molecular formula is C18H19Cl2NO3. The van der Waals surface area contributed by atoms with E-state index in [1.807, 2.05) is 26.1 Å². The largest absolute Gasteiger partial charge is 0.489 e. The van der Waals surface area contributed by atoms with E-state index in [0.29, 0.717) is 28.9 Å². The lowest BCUT2D eigenvalue weighted by Gasteiger charge is -2.22. The van der Waals surface area contributed by atoms with E-state index in [-0.39, 0.29) is 11.7 Å². The Morgan fingerprint density at radius 2 is 1.83 bits per heavy atom. The minimum atomic E-state index is -0.918. The van der Waals surface area contributed by atoms with Crippen LogP contribution in [-0.4, -0.2) is 35.7 Å². The zero-order chi connectivity index (χ0) is 17.7. The maximum absolute atomic E-state index is 10.9. The van der Waals surface area contributed by atoms with E-state index in [1.54, 1.807) is 30.3 Å². The van der Waals surface area contributed by atoms with E-state index in [4.69, 9.17) is 33.0 Å². The molecule has 0 aromatic heterocycles. The molecule has 0 saturated carbocycles. The molecule has 0 radical (unpaired) electrons. The summed E-state index contributed by atoms with van der Waals surface area (Å²) in [5.74, 6) is -0.241. The van der Waals surface area contributed by atoms with E-state index in [9.17, 15) is 4.79 Å². The quantitative estimate of drug-likeness (QED) is 0.777. The molecule has 0 aliphatic heterocycles. The Kier molecular flexibility index (Phi) is 6.49. The highest BCUT2D eigenvalue weighted by Crippen LogP contribution is 2.26. The standard InChI is InChI=1S/C18H19Cl2NO3/c1-12(24-15-7-8-16(19)17(20)9-15)10-21(2)11-13-3-5-14(6-4-13)18(22)23/h3-9,12H,10-11H2,1-2H3,(H,22,23). The van der Waals surface area contributed by atoms with Crippen LogP contribution >= 0.6 is 23.2 Å². The van der Waals surface area contributed by atoms with E-state index < -0.39 is 5.97 Å². The molecule has 0 aliphatic carbocycles. The molecule has 0 fully saturated rings. The van der Waals surface area contributed by atoms with Crippen molar-refractivity contribution in [2.24, 2.45) is 0 Å². The third-order valence-corrected chi connectivity index (χ3v) is 4.19. The molecule has 1 atom stereocenters. The van der Waals surface area contributed by atoms with Gasteiger partial charge in [0.2, 0.25) is 0 Å². The van der Waals surface area contributed by atoms with Gasteiger partial charge < -0.3 is 9.84 Å². The third-order valence-electron chi connectivity index (χ3n) is 3.45. The van der Waals surface area contributed by atoms with E-state index >= 15 is 0 Å². The summed E-state index contributed by atoms with van der Waals surface area (Å²) in [5, 5.41) is 9.87. The van der Waals surface area contributed by atoms with Gasteiger partial charge in [0.15, 0.2) is 0 Å². The van der Waals surface area contributed by atoms with Crippen LogP contribution in [0, 0.1) is 0 Å². The molecule has 6 heteroatoms. The number of rotatable bonds is 7. The topological polar surface area (TPSA) is 49.8 Å². The monoisotopic (exact) mass is 367 g/mol. The Morgan fingerprint density at radius 1 is 1.17 bits per heavy atom. The molecule has 0 saturated heterocycles. The summed E-state index contributed by atoms with van der Waals surface area (Å²) in [5.41, 5.74) is 1.34. The van der Waals surface area contributed by atoms with Crippen molar-refractivity contribution in [3.05, 3.63) is 63.6 Å². The normalized spacial score (nSPS) is 12.2. The summed E-state index contributed by atoms with van der Waals surface area (Å²) >= 11 is 11.9. The number of carbonyl (C=O) groups is 1. The number of ether oxygens (including phenoxy) is 1. The first-order chi connectivity index (χ1) is 11.3. The Morgan fingerprint density at radius 3 is 2.42 bits per heavy atom. The van der Waals surface area contributed by atoms with Crippen LogP contribution in [0.1, 0.15) is 22.8 Å². The second kappa shape index (κ2) is 8.38. The van der Waals surface area contributed by atoms with Crippen molar-refractivity contribution in [3.63, 3.8) is 0 Å². The average molecular weight is 368 g/mol. The van der Waals surface area contributed by atoms with Crippen LogP contribution in [0.2, 0.25) is 10.0 Å². The number of carboxylic acids is 1. The zero-order valence-corrected chi connectivity index (χ0v) is 15.0. The summed E-state index contributed by atoms with van der Waals surface area (Å²) in [4.78, 5) is 13.0. The first kappa shape index (κ1) is 18.6. The molecule has 24 heavy (non-hydrogen) atoms. The van der Waals surface area contributed by atoms with Crippen molar-refractivity contribution in [1.29, 1.82) is 0 Å². The number of halogens is 2. The fourth-order valence-electron chi connectivity index (χ4n) is 2.39. The van der Waals surface area contributed by atoms with Crippen LogP contribution in [0.25, 0.3) is 0 Å². The molecule has 1 unspecified atom stereocenters. The number of nitrogens with zero attached hydrogens (tertiary/aromatic N) is 1. The number of hydrogen-bond donors (Lipinski definition) is 1. The van der Waals surface area contributed by atoms with E-state index in [0.717, 1.165) is 5.56 Å². The SMILES string of the molecule is CC(CN(C)Cc1ccc(C(=O)O)cc1)Oc1ccc(Cl)c(Cl)c1. The Bertz CT molecular complexity index is 704. The minimum absolute atomic E-state index is 0.0365. The van der Waals surface area contributed by atoms with Gasteiger partial charge in [0, 0.05) is 19.2 Å². The molecule has 0 heterocycles. The Balaban J connectivity index is 1.87. The molecule has 4 nitrogen and oxygen atoms in total. The van der Waals surface area contributed by atoms with Crippen molar-refractivity contribution in [2.75, 3.05) is 13.6 Å². The van der Waals surface area contributed by atoms with Gasteiger partial charge in [-0.3, -0.25) is 4.90 Å². The summed E-state index contributed by atoms with van der Waals surface area (Å²) in [6, 6.07) is 12.1. The van der Waals surface area contributed by atoms with Crippen LogP contribution in [0.5, 0.6) is 5.75 Å². The lowest BCUT2D eigenvalue weighted by Crippen LogP contribution is -2.30. The van der Waals surface area contributed by atoms with Gasteiger partial charge in [-0.1, -0.05) is 35.3 Å². The van der Waals surface area contributed by atoms with Gasteiger partial charge in [0.1, 0.15) is 11.9 Å². The van der Waals surface area contributed by atoms with Crippen LogP contribution in [0.15, 0.2) is 42.5 Å². The van der Waals surface area contributed by atoms with Crippen molar-refractivity contribution in [3.8, 4) is 5.75 Å². The number of hydrogen-bond acceptors (Lipinski definition) is 3. The molecular weight excluding hydrogens is 349 g/mol. The summed E-state index contributed by atoms with van der Waals surface area (Å²) in [7, 11) is 1.99. The summed E-state index contributed by atoms with van der Waals surface area (Å²) in [6.07, 6.45) is -0.0365.